The van der Waals surface area contributed by atoms with E-state index in [1.165, 1.54) is 6.07 Å². The van der Waals surface area contributed by atoms with E-state index in [4.69, 9.17) is 4.98 Å². The Hall–Kier alpha value is -3.47. The molecule has 29 heavy (non-hydrogen) atoms. The van der Waals surface area contributed by atoms with Gasteiger partial charge >= 0.3 is 0 Å². The molecule has 1 heterocycles. The number of carbonyl (C=O) groups is 1. The summed E-state index contributed by atoms with van der Waals surface area (Å²) >= 11 is 0. The van der Waals surface area contributed by atoms with E-state index >= 15 is 0 Å². The number of benzene rings is 3. The second-order valence-corrected chi connectivity index (χ2v) is 7.19. The summed E-state index contributed by atoms with van der Waals surface area (Å²) in [6.07, 6.45) is 1.69. The highest BCUT2D eigenvalue weighted by atomic mass is 19.1. The van der Waals surface area contributed by atoms with Crippen molar-refractivity contribution in [3.63, 3.8) is 0 Å². The predicted octanol–water partition coefficient (Wildman–Crippen LogP) is 5.06. The monoisotopic (exact) mass is 387 g/mol. The fraction of sp³-hybridized carbons (Fsp3) is 0.167. The normalized spacial score (nSPS) is 11.0. The summed E-state index contributed by atoms with van der Waals surface area (Å²) in [4.78, 5) is 17.0. The van der Waals surface area contributed by atoms with E-state index in [0.717, 1.165) is 35.3 Å². The van der Waals surface area contributed by atoms with Crippen LogP contribution in [-0.2, 0) is 19.9 Å². The minimum atomic E-state index is -0.380. The maximum absolute atomic E-state index is 13.7. The van der Waals surface area contributed by atoms with Gasteiger partial charge in [0.1, 0.15) is 11.6 Å². The van der Waals surface area contributed by atoms with Crippen molar-refractivity contribution >= 4 is 22.6 Å². The Morgan fingerprint density at radius 1 is 1.03 bits per heavy atom. The van der Waals surface area contributed by atoms with Crippen molar-refractivity contribution in [3.05, 3.63) is 95.1 Å². The first-order valence-electron chi connectivity index (χ1n) is 9.58. The number of anilines is 1. The van der Waals surface area contributed by atoms with E-state index in [2.05, 4.69) is 16.0 Å². The third-order valence-corrected chi connectivity index (χ3v) is 5.16. The van der Waals surface area contributed by atoms with Gasteiger partial charge in [-0.15, -0.1) is 0 Å². The zero-order valence-electron chi connectivity index (χ0n) is 16.4. The minimum Gasteiger partial charge on any atom is -0.331 e. The van der Waals surface area contributed by atoms with E-state index in [9.17, 15) is 9.18 Å². The zero-order valence-corrected chi connectivity index (χ0v) is 16.4. The molecule has 4 nitrogen and oxygen atoms in total. The number of hydrogen-bond donors (Lipinski definition) is 1. The molecule has 0 aliphatic rings. The summed E-state index contributed by atoms with van der Waals surface area (Å²) in [5, 5.41) is 2.81. The Morgan fingerprint density at radius 3 is 2.52 bits per heavy atom. The highest BCUT2D eigenvalue weighted by Crippen LogP contribution is 2.17. The summed E-state index contributed by atoms with van der Waals surface area (Å²) in [7, 11) is 2.04. The molecular weight excluding hydrogens is 365 g/mol. The van der Waals surface area contributed by atoms with Gasteiger partial charge in [-0.05, 0) is 60.9 Å². The molecule has 0 saturated carbocycles. The average molecular weight is 387 g/mol. The standard InChI is InChI=1S/C24H22FN3O/c1-16-7-11-18(15-20(16)25)24(29)26-19-12-8-17(9-13-19)10-14-23-27-21-5-3-4-6-22(21)28(23)2/h3-9,11-13,15H,10,14H2,1-2H3,(H,26,29). The van der Waals surface area contributed by atoms with E-state index in [0.29, 0.717) is 16.8 Å². The molecular formula is C24H22FN3O. The Balaban J connectivity index is 1.40. The lowest BCUT2D eigenvalue weighted by molar-refractivity contribution is 0.102. The maximum Gasteiger partial charge on any atom is 0.255 e. The van der Waals surface area contributed by atoms with Crippen molar-refractivity contribution in [2.45, 2.75) is 19.8 Å². The number of carbonyl (C=O) groups excluding carboxylic acids is 1. The molecule has 4 rings (SSSR count). The van der Waals surface area contributed by atoms with Gasteiger partial charge in [0.05, 0.1) is 11.0 Å². The Labute approximate surface area is 169 Å². The van der Waals surface area contributed by atoms with E-state index < -0.39 is 0 Å². The maximum atomic E-state index is 13.7. The van der Waals surface area contributed by atoms with Crippen LogP contribution in [0.2, 0.25) is 0 Å². The number of amides is 1. The molecule has 0 aliphatic heterocycles. The zero-order chi connectivity index (χ0) is 20.4. The summed E-state index contributed by atoms with van der Waals surface area (Å²) < 4.78 is 15.8. The fourth-order valence-electron chi connectivity index (χ4n) is 3.37. The Morgan fingerprint density at radius 2 is 1.79 bits per heavy atom. The van der Waals surface area contributed by atoms with Crippen molar-refractivity contribution in [3.8, 4) is 0 Å². The molecule has 0 radical (unpaired) electrons. The van der Waals surface area contributed by atoms with E-state index in [1.54, 1.807) is 19.1 Å². The van der Waals surface area contributed by atoms with Gasteiger partial charge in [-0.1, -0.05) is 30.3 Å². The first kappa shape index (κ1) is 18.9. The van der Waals surface area contributed by atoms with Crippen LogP contribution in [0.4, 0.5) is 10.1 Å². The molecule has 1 N–H and O–H groups in total. The van der Waals surface area contributed by atoms with Gasteiger partial charge in [0, 0.05) is 24.7 Å². The predicted molar refractivity (Wildman–Crippen MR) is 114 cm³/mol. The molecule has 3 aromatic carbocycles. The van der Waals surface area contributed by atoms with Crippen LogP contribution < -0.4 is 5.32 Å². The first-order chi connectivity index (χ1) is 14.0. The molecule has 4 aromatic rings. The van der Waals surface area contributed by atoms with E-state index in [1.807, 2.05) is 49.5 Å². The quantitative estimate of drug-likeness (QED) is 0.520. The van der Waals surface area contributed by atoms with Crippen LogP contribution in [0.3, 0.4) is 0 Å². The van der Waals surface area contributed by atoms with Gasteiger partial charge in [0.15, 0.2) is 0 Å². The molecule has 0 atom stereocenters. The van der Waals surface area contributed by atoms with Gasteiger partial charge in [-0.25, -0.2) is 9.37 Å². The number of imidazole rings is 1. The number of aryl methyl sites for hydroxylation is 4. The van der Waals surface area contributed by atoms with Crippen LogP contribution in [0.15, 0.2) is 66.7 Å². The molecule has 0 fully saturated rings. The summed E-state index contributed by atoms with van der Waals surface area (Å²) in [5.74, 6) is 0.344. The lowest BCUT2D eigenvalue weighted by Gasteiger charge is -2.08. The highest BCUT2D eigenvalue weighted by molar-refractivity contribution is 6.04. The molecule has 0 spiro atoms. The second kappa shape index (κ2) is 7.87. The number of halogens is 1. The number of nitrogens with zero attached hydrogens (tertiary/aromatic N) is 2. The number of nitrogens with one attached hydrogen (secondary N) is 1. The van der Waals surface area contributed by atoms with Crippen LogP contribution in [0.25, 0.3) is 11.0 Å². The van der Waals surface area contributed by atoms with Crippen LogP contribution >= 0.6 is 0 Å². The lowest BCUT2D eigenvalue weighted by atomic mass is 10.1. The number of aromatic nitrogens is 2. The SMILES string of the molecule is Cc1ccc(C(=O)Nc2ccc(CCc3nc4ccccc4n3C)cc2)cc1F. The summed E-state index contributed by atoms with van der Waals surface area (Å²) in [6.45, 7) is 1.67. The molecule has 1 aromatic heterocycles. The largest absolute Gasteiger partial charge is 0.331 e. The highest BCUT2D eigenvalue weighted by Gasteiger charge is 2.10. The van der Waals surface area contributed by atoms with Crippen molar-refractivity contribution in [1.29, 1.82) is 0 Å². The van der Waals surface area contributed by atoms with Crippen LogP contribution in [0.5, 0.6) is 0 Å². The molecule has 0 aliphatic carbocycles. The molecule has 5 heteroatoms. The molecule has 0 bridgehead atoms. The molecule has 0 saturated heterocycles. The topological polar surface area (TPSA) is 46.9 Å². The minimum absolute atomic E-state index is 0.305. The molecule has 0 unspecified atom stereocenters. The van der Waals surface area contributed by atoms with Gasteiger partial charge in [-0.3, -0.25) is 4.79 Å². The molecule has 146 valence electrons. The van der Waals surface area contributed by atoms with Crippen molar-refractivity contribution < 1.29 is 9.18 Å². The van der Waals surface area contributed by atoms with Crippen LogP contribution in [0, 0.1) is 12.7 Å². The van der Waals surface area contributed by atoms with Crippen molar-refractivity contribution in [1.82, 2.24) is 9.55 Å². The second-order valence-electron chi connectivity index (χ2n) is 7.19. The third kappa shape index (κ3) is 4.04. The average Bonchev–Trinajstić information content (AvgIpc) is 3.05. The van der Waals surface area contributed by atoms with Crippen molar-refractivity contribution in [2.24, 2.45) is 7.05 Å². The number of rotatable bonds is 5. The summed E-state index contributed by atoms with van der Waals surface area (Å²) in [6, 6.07) is 20.3. The van der Waals surface area contributed by atoms with E-state index in [-0.39, 0.29) is 11.7 Å². The van der Waals surface area contributed by atoms with Gasteiger partial charge < -0.3 is 9.88 Å². The number of fused-ring (bicyclic) bond motifs is 1. The smallest absolute Gasteiger partial charge is 0.255 e. The first-order valence-corrected chi connectivity index (χ1v) is 9.58. The number of hydrogen-bond acceptors (Lipinski definition) is 2. The Kier molecular flexibility index (Phi) is 5.12. The van der Waals surface area contributed by atoms with Gasteiger partial charge in [0.2, 0.25) is 0 Å². The number of para-hydroxylation sites is 2. The summed E-state index contributed by atoms with van der Waals surface area (Å²) in [5.41, 5.74) is 4.81. The molecule has 1 amide bonds. The third-order valence-electron chi connectivity index (χ3n) is 5.16. The van der Waals surface area contributed by atoms with Crippen molar-refractivity contribution in [2.75, 3.05) is 5.32 Å². The fourth-order valence-corrected chi connectivity index (χ4v) is 3.37. The van der Waals surface area contributed by atoms with Gasteiger partial charge in [0.25, 0.3) is 5.91 Å². The van der Waals surface area contributed by atoms with Gasteiger partial charge in [-0.2, -0.15) is 0 Å². The van der Waals surface area contributed by atoms with Crippen LogP contribution in [-0.4, -0.2) is 15.5 Å². The van der Waals surface area contributed by atoms with Crippen LogP contribution in [0.1, 0.15) is 27.3 Å². The Bertz CT molecular complexity index is 1180. The lowest BCUT2D eigenvalue weighted by Crippen LogP contribution is -2.12.